The van der Waals surface area contributed by atoms with E-state index in [-0.39, 0.29) is 5.41 Å². The fourth-order valence-electron chi connectivity index (χ4n) is 2.13. The molecule has 0 spiro atoms. The summed E-state index contributed by atoms with van der Waals surface area (Å²) in [6.07, 6.45) is 6.35. The van der Waals surface area contributed by atoms with Gasteiger partial charge in [0.25, 0.3) is 0 Å². The van der Waals surface area contributed by atoms with Crippen LogP contribution < -0.4 is 0 Å². The molecule has 0 atom stereocenters. The highest BCUT2D eigenvalue weighted by atomic mass is 16.1. The molecule has 0 fully saturated rings. The minimum absolute atomic E-state index is 0.178. The molecule has 0 saturated heterocycles. The average molecular weight is 226 g/mol. The van der Waals surface area contributed by atoms with Crippen LogP contribution in [0.3, 0.4) is 0 Å². The molecule has 0 unspecified atom stereocenters. The van der Waals surface area contributed by atoms with E-state index in [0.717, 1.165) is 23.8 Å². The fraction of sp³-hybridized carbons (Fsp3) is 0.312. The number of rotatable bonds is 2. The van der Waals surface area contributed by atoms with Crippen LogP contribution in [0.15, 0.2) is 42.0 Å². The summed E-state index contributed by atoms with van der Waals surface area (Å²) in [4.78, 5) is 11.0. The molecule has 17 heavy (non-hydrogen) atoms. The van der Waals surface area contributed by atoms with Crippen molar-refractivity contribution in [3.8, 4) is 0 Å². The third kappa shape index (κ3) is 2.38. The first kappa shape index (κ1) is 11.8. The molecule has 1 aromatic rings. The highest BCUT2D eigenvalue weighted by Gasteiger charge is 2.20. The second-order valence-corrected chi connectivity index (χ2v) is 5.49. The lowest BCUT2D eigenvalue weighted by atomic mass is 9.87. The van der Waals surface area contributed by atoms with Gasteiger partial charge in [-0.1, -0.05) is 57.2 Å². The summed E-state index contributed by atoms with van der Waals surface area (Å²) in [5, 5.41) is 0. The van der Waals surface area contributed by atoms with Gasteiger partial charge in [-0.3, -0.25) is 4.79 Å². The smallest absolute Gasteiger partial charge is 0.150 e. The van der Waals surface area contributed by atoms with Crippen molar-refractivity contribution in [3.63, 3.8) is 0 Å². The zero-order chi connectivity index (χ0) is 12.5. The predicted octanol–water partition coefficient (Wildman–Crippen LogP) is 4.26. The summed E-state index contributed by atoms with van der Waals surface area (Å²) in [6, 6.07) is 7.78. The number of aldehydes is 1. The molecule has 0 aliphatic heterocycles. The monoisotopic (exact) mass is 226 g/mol. The molecule has 1 aromatic carbocycles. The third-order valence-electron chi connectivity index (χ3n) is 3.17. The van der Waals surface area contributed by atoms with E-state index in [0.29, 0.717) is 0 Å². The van der Waals surface area contributed by atoms with Crippen LogP contribution in [0.25, 0.3) is 5.57 Å². The van der Waals surface area contributed by atoms with Gasteiger partial charge < -0.3 is 0 Å². The Morgan fingerprint density at radius 1 is 1.18 bits per heavy atom. The van der Waals surface area contributed by atoms with Crippen molar-refractivity contribution in [2.75, 3.05) is 0 Å². The van der Waals surface area contributed by atoms with Crippen molar-refractivity contribution in [2.45, 2.75) is 27.2 Å². The van der Waals surface area contributed by atoms with Crippen LogP contribution in [-0.2, 0) is 0 Å². The summed E-state index contributed by atoms with van der Waals surface area (Å²) in [5.74, 6) is 0. The molecule has 0 aromatic heterocycles. The van der Waals surface area contributed by atoms with E-state index < -0.39 is 0 Å². The van der Waals surface area contributed by atoms with E-state index in [9.17, 15) is 4.79 Å². The van der Waals surface area contributed by atoms with Crippen LogP contribution in [0.5, 0.6) is 0 Å². The quantitative estimate of drug-likeness (QED) is 0.689. The number of benzene rings is 1. The van der Waals surface area contributed by atoms with Crippen molar-refractivity contribution >= 4 is 11.9 Å². The molecule has 0 amide bonds. The summed E-state index contributed by atoms with van der Waals surface area (Å²) in [7, 11) is 0. The molecule has 1 aliphatic rings. The minimum atomic E-state index is 0.178. The van der Waals surface area contributed by atoms with Crippen molar-refractivity contribution in [3.05, 3.63) is 53.1 Å². The predicted molar refractivity (Wildman–Crippen MR) is 72.0 cm³/mol. The third-order valence-corrected chi connectivity index (χ3v) is 3.17. The van der Waals surface area contributed by atoms with Crippen LogP contribution in [0.2, 0.25) is 0 Å². The maximum Gasteiger partial charge on any atom is 0.150 e. The molecule has 2 rings (SSSR count). The lowest BCUT2D eigenvalue weighted by Gasteiger charge is -2.18. The Hall–Kier alpha value is -1.63. The van der Waals surface area contributed by atoms with Gasteiger partial charge in [-0.05, 0) is 28.5 Å². The molecule has 0 radical (unpaired) electrons. The molecule has 1 heteroatoms. The van der Waals surface area contributed by atoms with Crippen molar-refractivity contribution in [2.24, 2.45) is 5.41 Å². The Morgan fingerprint density at radius 3 is 2.47 bits per heavy atom. The number of hydrogen-bond donors (Lipinski definition) is 0. The summed E-state index contributed by atoms with van der Waals surface area (Å²) in [6.45, 7) is 6.64. The number of allylic oxidation sites excluding steroid dienone is 4. The topological polar surface area (TPSA) is 17.1 Å². The average Bonchev–Trinajstić information content (AvgIpc) is 2.77. The van der Waals surface area contributed by atoms with Gasteiger partial charge in [0, 0.05) is 5.56 Å². The van der Waals surface area contributed by atoms with E-state index in [1.165, 1.54) is 11.1 Å². The standard InChI is InChI=1S/C16H18O/c1-16(2,3)14-9-8-12(10-14)15-7-5-4-6-13(15)11-17/h4-7,9-11H,8H2,1-3H3. The van der Waals surface area contributed by atoms with Crippen molar-refractivity contribution < 1.29 is 4.79 Å². The Morgan fingerprint density at radius 2 is 1.88 bits per heavy atom. The summed E-state index contributed by atoms with van der Waals surface area (Å²) < 4.78 is 0. The largest absolute Gasteiger partial charge is 0.298 e. The fourth-order valence-corrected chi connectivity index (χ4v) is 2.13. The zero-order valence-electron chi connectivity index (χ0n) is 10.7. The number of carbonyl (C=O) groups excluding carboxylic acids is 1. The van der Waals surface area contributed by atoms with Crippen LogP contribution in [0.1, 0.15) is 43.1 Å². The first-order chi connectivity index (χ1) is 8.02. The van der Waals surface area contributed by atoms with E-state index in [4.69, 9.17) is 0 Å². The molecule has 0 heterocycles. The molecule has 1 aliphatic carbocycles. The molecular formula is C16H18O. The van der Waals surface area contributed by atoms with E-state index in [1.54, 1.807) is 0 Å². The SMILES string of the molecule is CC(C)(C)C1=CCC(c2ccccc2C=O)=C1. The molecule has 0 N–H and O–H groups in total. The number of hydrogen-bond acceptors (Lipinski definition) is 1. The van der Waals surface area contributed by atoms with Crippen LogP contribution in [0.4, 0.5) is 0 Å². The Bertz CT molecular complexity index is 499. The highest BCUT2D eigenvalue weighted by molar-refractivity contribution is 5.87. The molecule has 0 bridgehead atoms. The van der Waals surface area contributed by atoms with E-state index in [2.05, 4.69) is 32.9 Å². The molecule has 1 nitrogen and oxygen atoms in total. The lowest BCUT2D eigenvalue weighted by molar-refractivity contribution is 0.112. The second kappa shape index (κ2) is 4.33. The van der Waals surface area contributed by atoms with Gasteiger partial charge >= 0.3 is 0 Å². The molecule has 88 valence electrons. The second-order valence-electron chi connectivity index (χ2n) is 5.49. The lowest BCUT2D eigenvalue weighted by Crippen LogP contribution is -2.05. The van der Waals surface area contributed by atoms with Gasteiger partial charge in [-0.15, -0.1) is 0 Å². The van der Waals surface area contributed by atoms with Crippen LogP contribution >= 0.6 is 0 Å². The normalized spacial score (nSPS) is 15.5. The van der Waals surface area contributed by atoms with Gasteiger partial charge in [0.15, 0.2) is 6.29 Å². The summed E-state index contributed by atoms with van der Waals surface area (Å²) >= 11 is 0. The van der Waals surface area contributed by atoms with Gasteiger partial charge in [-0.25, -0.2) is 0 Å². The summed E-state index contributed by atoms with van der Waals surface area (Å²) in [5.41, 5.74) is 4.63. The van der Waals surface area contributed by atoms with Gasteiger partial charge in [-0.2, -0.15) is 0 Å². The maximum absolute atomic E-state index is 11.0. The highest BCUT2D eigenvalue weighted by Crippen LogP contribution is 2.36. The van der Waals surface area contributed by atoms with Gasteiger partial charge in [0.2, 0.25) is 0 Å². The molecular weight excluding hydrogens is 208 g/mol. The van der Waals surface area contributed by atoms with E-state index in [1.807, 2.05) is 24.3 Å². The van der Waals surface area contributed by atoms with Gasteiger partial charge in [0.05, 0.1) is 0 Å². The molecule has 0 saturated carbocycles. The van der Waals surface area contributed by atoms with Crippen LogP contribution in [0, 0.1) is 5.41 Å². The van der Waals surface area contributed by atoms with E-state index >= 15 is 0 Å². The maximum atomic E-state index is 11.0. The first-order valence-corrected chi connectivity index (χ1v) is 5.98. The Balaban J connectivity index is 2.36. The Kier molecular flexibility index (Phi) is 3.01. The van der Waals surface area contributed by atoms with Crippen LogP contribution in [-0.4, -0.2) is 6.29 Å². The Labute approximate surface area is 103 Å². The van der Waals surface area contributed by atoms with Gasteiger partial charge in [0.1, 0.15) is 0 Å². The minimum Gasteiger partial charge on any atom is -0.298 e. The first-order valence-electron chi connectivity index (χ1n) is 5.98. The van der Waals surface area contributed by atoms with Crippen molar-refractivity contribution in [1.29, 1.82) is 0 Å². The zero-order valence-corrected chi connectivity index (χ0v) is 10.7. The number of carbonyl (C=O) groups is 1. The van der Waals surface area contributed by atoms with Crippen molar-refractivity contribution in [1.82, 2.24) is 0 Å².